The molecular weight excluding hydrogens is 254 g/mol. The molecule has 1 fully saturated rings. The van der Waals surface area contributed by atoms with Crippen LogP contribution in [0.3, 0.4) is 0 Å². The minimum atomic E-state index is -0.0329. The number of nitrogens with zero attached hydrogens (tertiary/aromatic N) is 3. The molecule has 2 rings (SSSR count). The van der Waals surface area contributed by atoms with Gasteiger partial charge in [-0.3, -0.25) is 14.5 Å². The Labute approximate surface area is 109 Å². The molecule has 96 valence electrons. The fourth-order valence-electron chi connectivity index (χ4n) is 1.80. The Kier molecular flexibility index (Phi) is 3.81. The van der Waals surface area contributed by atoms with Crippen molar-refractivity contribution in [2.45, 2.75) is 18.6 Å². The molecule has 1 unspecified atom stereocenters. The number of amides is 1. The quantitative estimate of drug-likeness (QED) is 0.809. The lowest BCUT2D eigenvalue weighted by molar-refractivity contribution is -0.117. The van der Waals surface area contributed by atoms with Crippen LogP contribution in [-0.2, 0) is 9.59 Å². The molecule has 0 bridgehead atoms. The van der Waals surface area contributed by atoms with Gasteiger partial charge in [0.15, 0.2) is 5.12 Å². The Morgan fingerprint density at radius 2 is 2.33 bits per heavy atom. The van der Waals surface area contributed by atoms with Gasteiger partial charge in [0.2, 0.25) is 11.8 Å². The van der Waals surface area contributed by atoms with Gasteiger partial charge in [0.1, 0.15) is 12.1 Å². The molecule has 1 aliphatic heterocycles. The fourth-order valence-corrected chi connectivity index (χ4v) is 2.72. The molecule has 1 atom stereocenters. The minimum absolute atomic E-state index is 0.00374. The van der Waals surface area contributed by atoms with Crippen molar-refractivity contribution in [3.63, 3.8) is 0 Å². The van der Waals surface area contributed by atoms with Gasteiger partial charge in [0, 0.05) is 31.2 Å². The zero-order chi connectivity index (χ0) is 13.1. The standard InChI is InChI=1S/C11H13N3O3S/c1-7(15)18-8-3-11(16)14(5-8)9-4-10(17-2)13-6-12-9/h4,6,8H,3,5H2,1-2H3. The summed E-state index contributed by atoms with van der Waals surface area (Å²) in [5, 5.41) is 0.0193. The highest BCUT2D eigenvalue weighted by Gasteiger charge is 2.32. The summed E-state index contributed by atoms with van der Waals surface area (Å²) in [6.07, 6.45) is 1.71. The first-order valence-corrected chi connectivity index (χ1v) is 6.31. The molecule has 1 aliphatic rings. The van der Waals surface area contributed by atoms with E-state index in [1.165, 1.54) is 32.1 Å². The van der Waals surface area contributed by atoms with E-state index in [-0.39, 0.29) is 16.3 Å². The predicted octanol–water partition coefficient (Wildman–Crippen LogP) is 0.870. The van der Waals surface area contributed by atoms with Crippen LogP contribution in [0.1, 0.15) is 13.3 Å². The molecular formula is C11H13N3O3S. The first-order chi connectivity index (χ1) is 8.60. The first-order valence-electron chi connectivity index (χ1n) is 5.43. The molecule has 1 aromatic rings. The number of hydrogen-bond donors (Lipinski definition) is 0. The van der Waals surface area contributed by atoms with E-state index < -0.39 is 0 Å². The zero-order valence-corrected chi connectivity index (χ0v) is 10.9. The summed E-state index contributed by atoms with van der Waals surface area (Å²) in [5.41, 5.74) is 0. The monoisotopic (exact) mass is 267 g/mol. The van der Waals surface area contributed by atoms with Gasteiger partial charge in [-0.2, -0.15) is 0 Å². The van der Waals surface area contributed by atoms with Gasteiger partial charge in [-0.25, -0.2) is 9.97 Å². The number of aromatic nitrogens is 2. The van der Waals surface area contributed by atoms with Crippen molar-refractivity contribution in [3.8, 4) is 5.88 Å². The minimum Gasteiger partial charge on any atom is -0.481 e. The normalized spacial score (nSPS) is 19.1. The lowest BCUT2D eigenvalue weighted by atomic mass is 10.4. The second-order valence-corrected chi connectivity index (χ2v) is 5.34. The van der Waals surface area contributed by atoms with Crippen LogP contribution in [0.15, 0.2) is 12.4 Å². The second-order valence-electron chi connectivity index (χ2n) is 3.86. The van der Waals surface area contributed by atoms with Crippen molar-refractivity contribution in [2.24, 2.45) is 0 Å². The molecule has 6 nitrogen and oxygen atoms in total. The molecule has 18 heavy (non-hydrogen) atoms. The van der Waals surface area contributed by atoms with E-state index in [2.05, 4.69) is 9.97 Å². The summed E-state index contributed by atoms with van der Waals surface area (Å²) in [7, 11) is 1.51. The van der Waals surface area contributed by atoms with Crippen molar-refractivity contribution < 1.29 is 14.3 Å². The van der Waals surface area contributed by atoms with E-state index in [9.17, 15) is 9.59 Å². The van der Waals surface area contributed by atoms with Crippen molar-refractivity contribution in [1.29, 1.82) is 0 Å². The molecule has 0 spiro atoms. The second kappa shape index (κ2) is 5.34. The van der Waals surface area contributed by atoms with Gasteiger partial charge < -0.3 is 4.74 Å². The molecule has 2 heterocycles. The van der Waals surface area contributed by atoms with E-state index in [0.29, 0.717) is 24.7 Å². The van der Waals surface area contributed by atoms with Crippen LogP contribution in [0.5, 0.6) is 5.88 Å². The molecule has 7 heteroatoms. The summed E-state index contributed by atoms with van der Waals surface area (Å²) >= 11 is 1.20. The fraction of sp³-hybridized carbons (Fsp3) is 0.455. The summed E-state index contributed by atoms with van der Waals surface area (Å²) in [4.78, 5) is 32.4. The lowest BCUT2D eigenvalue weighted by Crippen LogP contribution is -2.26. The molecule has 1 saturated heterocycles. The van der Waals surface area contributed by atoms with Crippen molar-refractivity contribution in [3.05, 3.63) is 12.4 Å². The van der Waals surface area contributed by atoms with Crippen LogP contribution in [0.4, 0.5) is 5.82 Å². The molecule has 1 amide bonds. The highest BCUT2D eigenvalue weighted by atomic mass is 32.2. The third-order valence-electron chi connectivity index (χ3n) is 2.54. The van der Waals surface area contributed by atoms with Crippen LogP contribution in [-0.4, -0.2) is 39.9 Å². The number of carbonyl (C=O) groups excluding carboxylic acids is 2. The average Bonchev–Trinajstić information content (AvgIpc) is 2.69. The number of anilines is 1. The van der Waals surface area contributed by atoms with Gasteiger partial charge in [-0.05, 0) is 0 Å². The van der Waals surface area contributed by atoms with E-state index in [1.54, 1.807) is 11.0 Å². The Morgan fingerprint density at radius 1 is 1.56 bits per heavy atom. The lowest BCUT2D eigenvalue weighted by Gasteiger charge is -2.15. The van der Waals surface area contributed by atoms with Gasteiger partial charge >= 0.3 is 0 Å². The van der Waals surface area contributed by atoms with Crippen molar-refractivity contribution in [2.75, 3.05) is 18.6 Å². The Morgan fingerprint density at radius 3 is 3.00 bits per heavy atom. The number of rotatable bonds is 3. The SMILES string of the molecule is COc1cc(N2CC(SC(C)=O)CC2=O)ncn1. The summed E-state index contributed by atoms with van der Waals surface area (Å²) in [6, 6.07) is 1.61. The van der Waals surface area contributed by atoms with E-state index in [4.69, 9.17) is 4.74 Å². The summed E-state index contributed by atoms with van der Waals surface area (Å²) < 4.78 is 4.99. The van der Waals surface area contributed by atoms with Crippen molar-refractivity contribution >= 4 is 28.6 Å². The van der Waals surface area contributed by atoms with Gasteiger partial charge in [0.25, 0.3) is 0 Å². The van der Waals surface area contributed by atoms with E-state index in [1.807, 2.05) is 0 Å². The summed E-state index contributed by atoms with van der Waals surface area (Å²) in [6.45, 7) is 1.99. The Bertz CT molecular complexity index is 480. The largest absolute Gasteiger partial charge is 0.481 e. The molecule has 0 aromatic carbocycles. The Balaban J connectivity index is 2.13. The van der Waals surface area contributed by atoms with Crippen LogP contribution in [0, 0.1) is 0 Å². The van der Waals surface area contributed by atoms with Crippen LogP contribution in [0.2, 0.25) is 0 Å². The van der Waals surface area contributed by atoms with Crippen LogP contribution < -0.4 is 9.64 Å². The molecule has 0 radical (unpaired) electrons. The number of ether oxygens (including phenoxy) is 1. The Hall–Kier alpha value is -1.63. The first kappa shape index (κ1) is 12.8. The zero-order valence-electron chi connectivity index (χ0n) is 10.1. The van der Waals surface area contributed by atoms with Gasteiger partial charge in [0.05, 0.1) is 7.11 Å². The molecule has 0 saturated carbocycles. The van der Waals surface area contributed by atoms with Crippen LogP contribution in [0.25, 0.3) is 0 Å². The van der Waals surface area contributed by atoms with Crippen molar-refractivity contribution in [1.82, 2.24) is 9.97 Å². The maximum atomic E-state index is 11.9. The number of thioether (sulfide) groups is 1. The van der Waals surface area contributed by atoms with Gasteiger partial charge in [-0.15, -0.1) is 0 Å². The highest BCUT2D eigenvalue weighted by molar-refractivity contribution is 8.14. The smallest absolute Gasteiger partial charge is 0.229 e. The summed E-state index contributed by atoms with van der Waals surface area (Å²) in [5.74, 6) is 0.892. The highest BCUT2D eigenvalue weighted by Crippen LogP contribution is 2.28. The number of methoxy groups -OCH3 is 1. The molecule has 0 aliphatic carbocycles. The number of hydrogen-bond acceptors (Lipinski definition) is 6. The topological polar surface area (TPSA) is 72.4 Å². The molecule has 0 N–H and O–H groups in total. The number of carbonyl (C=O) groups is 2. The van der Waals surface area contributed by atoms with Crippen LogP contribution >= 0.6 is 11.8 Å². The third kappa shape index (κ3) is 2.79. The molecule has 1 aromatic heterocycles. The van der Waals surface area contributed by atoms with Gasteiger partial charge in [-0.1, -0.05) is 11.8 Å². The maximum Gasteiger partial charge on any atom is 0.229 e. The van der Waals surface area contributed by atoms with E-state index >= 15 is 0 Å². The van der Waals surface area contributed by atoms with E-state index in [0.717, 1.165) is 0 Å². The third-order valence-corrected chi connectivity index (χ3v) is 3.52. The predicted molar refractivity (Wildman–Crippen MR) is 67.6 cm³/mol. The maximum absolute atomic E-state index is 11.9. The average molecular weight is 267 g/mol.